The van der Waals surface area contributed by atoms with Crippen molar-refractivity contribution in [3.8, 4) is 5.69 Å². The molecular weight excluding hydrogens is 341 g/mol. The zero-order valence-electron chi connectivity index (χ0n) is 9.70. The Kier molecular flexibility index (Phi) is 2.75. The van der Waals surface area contributed by atoms with Gasteiger partial charge in [-0.2, -0.15) is 0 Å². The van der Waals surface area contributed by atoms with E-state index in [4.69, 9.17) is 0 Å². The van der Waals surface area contributed by atoms with Gasteiger partial charge in [0.1, 0.15) is 0 Å². The molecule has 3 aromatic rings. The number of thiophene rings is 1. The molecule has 3 rings (SSSR count). The molecule has 0 saturated carbocycles. The first-order chi connectivity index (χ1) is 8.16. The first kappa shape index (κ1) is 11.3. The fourth-order valence-corrected chi connectivity index (χ4v) is 3.68. The molecular formula is C14H12INS. The van der Waals surface area contributed by atoms with Crippen LogP contribution in [0.2, 0.25) is 0 Å². The lowest BCUT2D eigenvalue weighted by Crippen LogP contribution is -1.98. The third-order valence-corrected chi connectivity index (χ3v) is 5.05. The number of benzene rings is 1. The number of aromatic nitrogens is 1. The van der Waals surface area contributed by atoms with Crippen LogP contribution in [0.5, 0.6) is 0 Å². The van der Waals surface area contributed by atoms with Gasteiger partial charge in [-0.15, -0.1) is 11.3 Å². The summed E-state index contributed by atoms with van der Waals surface area (Å²) in [5, 5.41) is 3.48. The van der Waals surface area contributed by atoms with E-state index in [9.17, 15) is 0 Å². The molecule has 0 aliphatic rings. The van der Waals surface area contributed by atoms with Crippen molar-refractivity contribution < 1.29 is 0 Å². The van der Waals surface area contributed by atoms with Crippen molar-refractivity contribution in [3.63, 3.8) is 0 Å². The maximum Gasteiger partial charge on any atom is 0.0462 e. The number of aryl methyl sites for hydroxylation is 1. The van der Waals surface area contributed by atoms with Gasteiger partial charge < -0.3 is 4.57 Å². The summed E-state index contributed by atoms with van der Waals surface area (Å²) in [6.45, 7) is 4.33. The Morgan fingerprint density at radius 3 is 2.65 bits per heavy atom. The number of hydrogen-bond donors (Lipinski definition) is 0. The Morgan fingerprint density at radius 2 is 1.94 bits per heavy atom. The van der Waals surface area contributed by atoms with Crippen molar-refractivity contribution >= 4 is 44.0 Å². The van der Waals surface area contributed by atoms with Crippen LogP contribution in [0.15, 0.2) is 35.7 Å². The minimum atomic E-state index is 1.26. The van der Waals surface area contributed by atoms with Gasteiger partial charge in [-0.05, 0) is 77.5 Å². The third-order valence-electron chi connectivity index (χ3n) is 3.06. The first-order valence-electron chi connectivity index (χ1n) is 5.49. The molecule has 0 N–H and O–H groups in total. The van der Waals surface area contributed by atoms with Crippen LogP contribution in [-0.2, 0) is 0 Å². The molecule has 0 fully saturated rings. The monoisotopic (exact) mass is 353 g/mol. The highest BCUT2D eigenvalue weighted by Crippen LogP contribution is 2.27. The van der Waals surface area contributed by atoms with Crippen LogP contribution < -0.4 is 0 Å². The molecule has 0 saturated heterocycles. The number of rotatable bonds is 1. The van der Waals surface area contributed by atoms with E-state index in [0.29, 0.717) is 0 Å². The lowest BCUT2D eigenvalue weighted by atomic mass is 10.2. The second kappa shape index (κ2) is 4.14. The van der Waals surface area contributed by atoms with Gasteiger partial charge in [-0.3, -0.25) is 0 Å². The molecule has 86 valence electrons. The standard InChI is InChI=1S/C14H12INS/c1-9-7-13(15)10(2)16(9)12-3-4-14-11(8-12)5-6-17-14/h3-8H,1-2H3. The van der Waals surface area contributed by atoms with E-state index in [1.54, 1.807) is 11.3 Å². The summed E-state index contributed by atoms with van der Waals surface area (Å²) < 4.78 is 5.00. The molecule has 0 radical (unpaired) electrons. The lowest BCUT2D eigenvalue weighted by molar-refractivity contribution is 0.965. The third kappa shape index (κ3) is 1.81. The summed E-state index contributed by atoms with van der Waals surface area (Å²) in [6, 6.07) is 11.1. The van der Waals surface area contributed by atoms with Gasteiger partial charge in [0.15, 0.2) is 0 Å². The number of hydrogen-bond acceptors (Lipinski definition) is 1. The minimum Gasteiger partial charge on any atom is -0.317 e. The molecule has 0 atom stereocenters. The van der Waals surface area contributed by atoms with Crippen LogP contribution in [0.25, 0.3) is 15.8 Å². The van der Waals surface area contributed by atoms with Crippen LogP contribution in [0, 0.1) is 17.4 Å². The Morgan fingerprint density at radius 1 is 1.12 bits per heavy atom. The van der Waals surface area contributed by atoms with Crippen molar-refractivity contribution in [1.82, 2.24) is 4.57 Å². The average Bonchev–Trinajstić information content (AvgIpc) is 2.84. The van der Waals surface area contributed by atoms with Gasteiger partial charge >= 0.3 is 0 Å². The minimum absolute atomic E-state index is 1.26. The smallest absolute Gasteiger partial charge is 0.0462 e. The first-order valence-corrected chi connectivity index (χ1v) is 7.45. The van der Waals surface area contributed by atoms with Gasteiger partial charge in [-0.1, -0.05) is 0 Å². The van der Waals surface area contributed by atoms with Gasteiger partial charge in [0.05, 0.1) is 0 Å². The molecule has 0 bridgehead atoms. The summed E-state index contributed by atoms with van der Waals surface area (Å²) in [5.74, 6) is 0. The van der Waals surface area contributed by atoms with Gasteiger partial charge in [-0.25, -0.2) is 0 Å². The van der Waals surface area contributed by atoms with Crippen LogP contribution in [0.3, 0.4) is 0 Å². The predicted molar refractivity (Wildman–Crippen MR) is 83.3 cm³/mol. The van der Waals surface area contributed by atoms with Gasteiger partial charge in [0.2, 0.25) is 0 Å². The normalized spacial score (nSPS) is 11.2. The largest absolute Gasteiger partial charge is 0.317 e. The maximum absolute atomic E-state index is 2.40. The predicted octanol–water partition coefficient (Wildman–Crippen LogP) is 4.91. The van der Waals surface area contributed by atoms with E-state index in [1.165, 1.54) is 30.7 Å². The van der Waals surface area contributed by atoms with Crippen molar-refractivity contribution in [1.29, 1.82) is 0 Å². The summed E-state index contributed by atoms with van der Waals surface area (Å²) >= 11 is 4.19. The Labute approximate surface area is 118 Å². The lowest BCUT2D eigenvalue weighted by Gasteiger charge is -2.09. The maximum atomic E-state index is 2.40. The van der Waals surface area contributed by atoms with Gasteiger partial charge in [0.25, 0.3) is 0 Å². The quantitative estimate of drug-likeness (QED) is 0.548. The van der Waals surface area contributed by atoms with Crippen LogP contribution >= 0.6 is 33.9 Å². The second-order valence-corrected chi connectivity index (χ2v) is 6.31. The second-order valence-electron chi connectivity index (χ2n) is 4.20. The molecule has 1 nitrogen and oxygen atoms in total. The molecule has 0 spiro atoms. The van der Waals surface area contributed by atoms with E-state index < -0.39 is 0 Å². The van der Waals surface area contributed by atoms with Crippen molar-refractivity contribution in [2.24, 2.45) is 0 Å². The topological polar surface area (TPSA) is 4.93 Å². The van der Waals surface area contributed by atoms with E-state index in [1.807, 2.05) is 0 Å². The molecule has 1 aromatic carbocycles. The highest BCUT2D eigenvalue weighted by atomic mass is 127. The molecule has 17 heavy (non-hydrogen) atoms. The Hall–Kier alpha value is -0.810. The Balaban J connectivity index is 2.26. The summed E-state index contributed by atoms with van der Waals surface area (Å²) in [4.78, 5) is 0. The molecule has 0 amide bonds. The Bertz CT molecular complexity index is 693. The average molecular weight is 353 g/mol. The number of fused-ring (bicyclic) bond motifs is 1. The van der Waals surface area contributed by atoms with E-state index in [0.717, 1.165) is 0 Å². The molecule has 2 heterocycles. The number of halogens is 1. The van der Waals surface area contributed by atoms with Crippen LogP contribution in [-0.4, -0.2) is 4.57 Å². The van der Waals surface area contributed by atoms with Crippen molar-refractivity contribution in [3.05, 3.63) is 50.7 Å². The fraction of sp³-hybridized carbons (Fsp3) is 0.143. The van der Waals surface area contributed by atoms with E-state index in [2.05, 4.69) is 76.7 Å². The zero-order chi connectivity index (χ0) is 12.0. The van der Waals surface area contributed by atoms with Gasteiger partial charge in [0, 0.05) is 25.3 Å². The summed E-state index contributed by atoms with van der Waals surface area (Å²) in [6.07, 6.45) is 0. The summed E-state index contributed by atoms with van der Waals surface area (Å²) in [5.41, 5.74) is 3.87. The van der Waals surface area contributed by atoms with Crippen molar-refractivity contribution in [2.45, 2.75) is 13.8 Å². The van der Waals surface area contributed by atoms with E-state index in [-0.39, 0.29) is 0 Å². The molecule has 0 aliphatic heterocycles. The highest BCUT2D eigenvalue weighted by Gasteiger charge is 2.09. The SMILES string of the molecule is Cc1cc(I)c(C)n1-c1ccc2sccc2c1. The summed E-state index contributed by atoms with van der Waals surface area (Å²) in [7, 11) is 0. The number of nitrogens with zero attached hydrogens (tertiary/aromatic N) is 1. The molecule has 0 unspecified atom stereocenters. The molecule has 2 aromatic heterocycles. The molecule has 0 aliphatic carbocycles. The molecule has 3 heteroatoms. The highest BCUT2D eigenvalue weighted by molar-refractivity contribution is 14.1. The van der Waals surface area contributed by atoms with Crippen LogP contribution in [0.4, 0.5) is 0 Å². The van der Waals surface area contributed by atoms with Crippen molar-refractivity contribution in [2.75, 3.05) is 0 Å². The zero-order valence-corrected chi connectivity index (χ0v) is 12.7. The van der Waals surface area contributed by atoms with Crippen LogP contribution in [0.1, 0.15) is 11.4 Å². The van der Waals surface area contributed by atoms with E-state index >= 15 is 0 Å². The fourth-order valence-electron chi connectivity index (χ4n) is 2.21.